The molecule has 0 aliphatic carbocycles. The number of methoxy groups -OCH3 is 2. The van der Waals surface area contributed by atoms with E-state index in [1.54, 1.807) is 26.0 Å². The molecular formula is C11H16O3S. The van der Waals surface area contributed by atoms with Gasteiger partial charge in [-0.15, -0.1) is 11.8 Å². The molecule has 0 bridgehead atoms. The first-order valence-corrected chi connectivity index (χ1v) is 5.85. The fraction of sp³-hybridized carbons (Fsp3) is 0.455. The molecule has 0 spiro atoms. The quantitative estimate of drug-likeness (QED) is 0.552. The van der Waals surface area contributed by atoms with Crippen LogP contribution in [0.3, 0.4) is 0 Å². The lowest BCUT2D eigenvalue weighted by molar-refractivity contribution is -0.122. The minimum atomic E-state index is -0.320. The largest absolute Gasteiger partial charge is 0.487 e. The minimum Gasteiger partial charge on any atom is -0.487 e. The standard InChI is InChI=1S/C11H16O3S/c1-12-11(13-2)8-14-9-6-4-5-7-10(9)15-3/h4-7,11H,8H2,1-3H3. The van der Waals surface area contributed by atoms with Crippen LogP contribution in [0, 0.1) is 0 Å². The van der Waals surface area contributed by atoms with Crippen molar-refractivity contribution < 1.29 is 14.2 Å². The van der Waals surface area contributed by atoms with Crippen LogP contribution < -0.4 is 4.74 Å². The van der Waals surface area contributed by atoms with Crippen molar-refractivity contribution in [2.75, 3.05) is 27.1 Å². The van der Waals surface area contributed by atoms with Gasteiger partial charge in [-0.3, -0.25) is 0 Å². The van der Waals surface area contributed by atoms with Crippen LogP contribution in [0.5, 0.6) is 5.75 Å². The normalized spacial score (nSPS) is 10.7. The Bertz CT molecular complexity index is 287. The van der Waals surface area contributed by atoms with Crippen molar-refractivity contribution >= 4 is 11.8 Å². The molecule has 4 heteroatoms. The van der Waals surface area contributed by atoms with E-state index in [1.165, 1.54) is 0 Å². The van der Waals surface area contributed by atoms with Gasteiger partial charge in [0.05, 0.1) is 0 Å². The van der Waals surface area contributed by atoms with E-state index >= 15 is 0 Å². The molecule has 0 fully saturated rings. The Balaban J connectivity index is 2.56. The van der Waals surface area contributed by atoms with E-state index in [-0.39, 0.29) is 6.29 Å². The number of rotatable bonds is 6. The van der Waals surface area contributed by atoms with Gasteiger partial charge < -0.3 is 14.2 Å². The number of benzene rings is 1. The summed E-state index contributed by atoms with van der Waals surface area (Å²) in [5, 5.41) is 0. The zero-order chi connectivity index (χ0) is 11.1. The molecule has 0 N–H and O–H groups in total. The van der Waals surface area contributed by atoms with Gasteiger partial charge in [-0.1, -0.05) is 12.1 Å². The molecule has 0 aromatic heterocycles. The molecule has 0 aliphatic rings. The van der Waals surface area contributed by atoms with Gasteiger partial charge in [0.25, 0.3) is 0 Å². The lowest BCUT2D eigenvalue weighted by Gasteiger charge is -2.15. The highest BCUT2D eigenvalue weighted by atomic mass is 32.2. The summed E-state index contributed by atoms with van der Waals surface area (Å²) < 4.78 is 15.7. The van der Waals surface area contributed by atoms with Crippen molar-refractivity contribution in [3.8, 4) is 5.75 Å². The van der Waals surface area contributed by atoms with Crippen LogP contribution in [0.1, 0.15) is 0 Å². The molecule has 0 saturated heterocycles. The molecular weight excluding hydrogens is 212 g/mol. The Morgan fingerprint density at radius 3 is 2.47 bits per heavy atom. The van der Waals surface area contributed by atoms with Crippen molar-refractivity contribution in [1.82, 2.24) is 0 Å². The molecule has 0 unspecified atom stereocenters. The first-order valence-electron chi connectivity index (χ1n) is 4.63. The molecule has 0 saturated carbocycles. The third kappa shape index (κ3) is 3.74. The highest BCUT2D eigenvalue weighted by molar-refractivity contribution is 7.98. The van der Waals surface area contributed by atoms with Crippen molar-refractivity contribution in [3.05, 3.63) is 24.3 Å². The number of hydrogen-bond acceptors (Lipinski definition) is 4. The van der Waals surface area contributed by atoms with E-state index in [0.717, 1.165) is 10.6 Å². The van der Waals surface area contributed by atoms with Crippen LogP contribution in [-0.2, 0) is 9.47 Å². The molecule has 1 rings (SSSR count). The van der Waals surface area contributed by atoms with Crippen LogP contribution in [0.25, 0.3) is 0 Å². The van der Waals surface area contributed by atoms with Crippen LogP contribution in [-0.4, -0.2) is 33.4 Å². The molecule has 15 heavy (non-hydrogen) atoms. The van der Waals surface area contributed by atoms with Gasteiger partial charge in [-0.2, -0.15) is 0 Å². The average Bonchev–Trinajstić information content (AvgIpc) is 2.31. The monoisotopic (exact) mass is 228 g/mol. The molecule has 1 aromatic rings. The highest BCUT2D eigenvalue weighted by Gasteiger charge is 2.07. The summed E-state index contributed by atoms with van der Waals surface area (Å²) in [4.78, 5) is 1.11. The van der Waals surface area contributed by atoms with Crippen LogP contribution in [0.2, 0.25) is 0 Å². The van der Waals surface area contributed by atoms with Crippen molar-refractivity contribution in [2.24, 2.45) is 0 Å². The zero-order valence-corrected chi connectivity index (χ0v) is 10.0. The van der Waals surface area contributed by atoms with E-state index in [4.69, 9.17) is 14.2 Å². The van der Waals surface area contributed by atoms with Crippen molar-refractivity contribution in [1.29, 1.82) is 0 Å². The molecule has 3 nitrogen and oxygen atoms in total. The summed E-state index contributed by atoms with van der Waals surface area (Å²) in [7, 11) is 3.19. The Morgan fingerprint density at radius 2 is 1.87 bits per heavy atom. The lowest BCUT2D eigenvalue weighted by Crippen LogP contribution is -2.22. The van der Waals surface area contributed by atoms with Gasteiger partial charge in [0.2, 0.25) is 0 Å². The lowest BCUT2D eigenvalue weighted by atomic mass is 10.3. The molecule has 0 amide bonds. The SMILES string of the molecule is COC(COc1ccccc1SC)OC. The number of hydrogen-bond donors (Lipinski definition) is 0. The van der Waals surface area contributed by atoms with E-state index < -0.39 is 0 Å². The second-order valence-electron chi connectivity index (χ2n) is 2.86. The second-order valence-corrected chi connectivity index (χ2v) is 3.71. The molecule has 84 valence electrons. The van der Waals surface area contributed by atoms with Crippen molar-refractivity contribution in [3.63, 3.8) is 0 Å². The van der Waals surface area contributed by atoms with Crippen LogP contribution >= 0.6 is 11.8 Å². The third-order valence-electron chi connectivity index (χ3n) is 1.97. The fourth-order valence-electron chi connectivity index (χ4n) is 1.13. The van der Waals surface area contributed by atoms with Gasteiger partial charge in [0, 0.05) is 19.1 Å². The van der Waals surface area contributed by atoms with E-state index in [9.17, 15) is 0 Å². The maximum atomic E-state index is 5.60. The Morgan fingerprint density at radius 1 is 1.20 bits per heavy atom. The Labute approximate surface area is 94.7 Å². The van der Waals surface area contributed by atoms with E-state index in [1.807, 2.05) is 30.5 Å². The minimum absolute atomic E-state index is 0.320. The molecule has 1 aromatic carbocycles. The predicted molar refractivity (Wildman–Crippen MR) is 61.5 cm³/mol. The maximum absolute atomic E-state index is 5.60. The highest BCUT2D eigenvalue weighted by Crippen LogP contribution is 2.26. The Hall–Kier alpha value is -0.710. The Kier molecular flexibility index (Phi) is 5.53. The first-order chi connectivity index (χ1) is 7.31. The van der Waals surface area contributed by atoms with Gasteiger partial charge in [0.15, 0.2) is 6.29 Å². The zero-order valence-electron chi connectivity index (χ0n) is 9.23. The molecule has 0 radical (unpaired) electrons. The summed E-state index contributed by atoms with van der Waals surface area (Å²) in [5.41, 5.74) is 0. The molecule has 0 heterocycles. The smallest absolute Gasteiger partial charge is 0.191 e. The van der Waals surface area contributed by atoms with E-state index in [2.05, 4.69) is 0 Å². The van der Waals surface area contributed by atoms with E-state index in [0.29, 0.717) is 6.61 Å². The van der Waals surface area contributed by atoms with Crippen LogP contribution in [0.4, 0.5) is 0 Å². The maximum Gasteiger partial charge on any atom is 0.191 e. The van der Waals surface area contributed by atoms with Crippen molar-refractivity contribution in [2.45, 2.75) is 11.2 Å². The first kappa shape index (κ1) is 12.4. The third-order valence-corrected chi connectivity index (χ3v) is 2.75. The summed E-state index contributed by atoms with van der Waals surface area (Å²) in [6.45, 7) is 0.393. The van der Waals surface area contributed by atoms with Gasteiger partial charge in [0.1, 0.15) is 12.4 Å². The molecule has 0 atom stereocenters. The summed E-state index contributed by atoms with van der Waals surface area (Å²) >= 11 is 1.66. The second kappa shape index (κ2) is 6.71. The summed E-state index contributed by atoms with van der Waals surface area (Å²) in [6.07, 6.45) is 1.70. The predicted octanol–water partition coefficient (Wildman–Crippen LogP) is 2.41. The van der Waals surface area contributed by atoms with Gasteiger partial charge in [-0.05, 0) is 18.4 Å². The fourth-order valence-corrected chi connectivity index (χ4v) is 1.67. The molecule has 0 aliphatic heterocycles. The average molecular weight is 228 g/mol. The number of para-hydroxylation sites is 1. The number of thioether (sulfide) groups is 1. The summed E-state index contributed by atoms with van der Waals surface area (Å²) in [5.74, 6) is 0.865. The van der Waals surface area contributed by atoms with Gasteiger partial charge in [-0.25, -0.2) is 0 Å². The number of ether oxygens (including phenoxy) is 3. The summed E-state index contributed by atoms with van der Waals surface area (Å²) in [6, 6.07) is 7.90. The van der Waals surface area contributed by atoms with Crippen LogP contribution in [0.15, 0.2) is 29.2 Å². The van der Waals surface area contributed by atoms with Gasteiger partial charge >= 0.3 is 0 Å². The topological polar surface area (TPSA) is 27.7 Å².